The van der Waals surface area contributed by atoms with Gasteiger partial charge in [-0.15, -0.1) is 0 Å². The van der Waals surface area contributed by atoms with Crippen LogP contribution in [0.2, 0.25) is 5.02 Å². The summed E-state index contributed by atoms with van der Waals surface area (Å²) in [6.45, 7) is 0.367. The van der Waals surface area contributed by atoms with E-state index in [2.05, 4.69) is 5.32 Å². The van der Waals surface area contributed by atoms with E-state index >= 15 is 0 Å². The molecule has 1 heterocycles. The van der Waals surface area contributed by atoms with Crippen LogP contribution in [0.15, 0.2) is 95.9 Å². The summed E-state index contributed by atoms with van der Waals surface area (Å²) in [6.07, 6.45) is 5.95. The molecule has 0 spiro atoms. The van der Waals surface area contributed by atoms with Gasteiger partial charge in [-0.1, -0.05) is 97.6 Å². The second-order valence-corrected chi connectivity index (χ2v) is 14.3. The van der Waals surface area contributed by atoms with Crippen LogP contribution >= 0.6 is 11.6 Å². The van der Waals surface area contributed by atoms with Crippen molar-refractivity contribution >= 4 is 49.9 Å². The van der Waals surface area contributed by atoms with E-state index in [0.717, 1.165) is 47.6 Å². The number of rotatable bonds is 11. The van der Waals surface area contributed by atoms with Gasteiger partial charge in [0.25, 0.3) is 10.0 Å². The first-order valence-electron chi connectivity index (χ1n) is 15.7. The zero-order valence-electron chi connectivity index (χ0n) is 25.2. The van der Waals surface area contributed by atoms with Gasteiger partial charge in [-0.2, -0.15) is 0 Å². The number of sulfonamides is 1. The van der Waals surface area contributed by atoms with E-state index in [1.54, 1.807) is 23.1 Å². The van der Waals surface area contributed by atoms with Gasteiger partial charge in [-0.25, -0.2) is 8.42 Å². The van der Waals surface area contributed by atoms with E-state index in [4.69, 9.17) is 11.6 Å². The monoisotopic (exact) mass is 643 g/mol. The first kappa shape index (κ1) is 31.1. The quantitative estimate of drug-likeness (QED) is 0.193. The van der Waals surface area contributed by atoms with Gasteiger partial charge in [0.05, 0.1) is 10.6 Å². The summed E-state index contributed by atoms with van der Waals surface area (Å²) in [7, 11) is -3.73. The highest BCUT2D eigenvalue weighted by Crippen LogP contribution is 2.42. The molecule has 45 heavy (non-hydrogen) atoms. The Morgan fingerprint density at radius 2 is 1.60 bits per heavy atom. The molecule has 9 heteroatoms. The maximum absolute atomic E-state index is 14.1. The molecule has 4 aromatic rings. The number of hydrogen-bond acceptors (Lipinski definition) is 4. The van der Waals surface area contributed by atoms with E-state index in [9.17, 15) is 18.0 Å². The molecule has 6 rings (SSSR count). The van der Waals surface area contributed by atoms with Crippen molar-refractivity contribution in [1.29, 1.82) is 0 Å². The fourth-order valence-electron chi connectivity index (χ4n) is 6.65. The van der Waals surface area contributed by atoms with Crippen LogP contribution in [-0.2, 0) is 32.6 Å². The number of hydrogen-bond donors (Lipinski definition) is 1. The normalized spacial score (nSPS) is 16.4. The lowest BCUT2D eigenvalue weighted by atomic mass is 9.94. The molecule has 4 aromatic carbocycles. The summed E-state index contributed by atoms with van der Waals surface area (Å²) in [5.41, 5.74) is 2.42. The Morgan fingerprint density at radius 3 is 2.36 bits per heavy atom. The van der Waals surface area contributed by atoms with Crippen LogP contribution < -0.4 is 9.62 Å². The molecule has 1 atom stereocenters. The van der Waals surface area contributed by atoms with E-state index < -0.39 is 16.1 Å². The smallest absolute Gasteiger partial charge is 0.265 e. The Kier molecular flexibility index (Phi) is 9.42. The van der Waals surface area contributed by atoms with Crippen molar-refractivity contribution in [1.82, 2.24) is 10.2 Å². The molecule has 0 bridgehead atoms. The molecule has 0 saturated heterocycles. The van der Waals surface area contributed by atoms with Crippen molar-refractivity contribution in [3.05, 3.63) is 107 Å². The van der Waals surface area contributed by atoms with E-state index in [-0.39, 0.29) is 37.4 Å². The van der Waals surface area contributed by atoms with Crippen LogP contribution in [0.25, 0.3) is 10.8 Å². The molecule has 2 amide bonds. The minimum Gasteiger partial charge on any atom is -0.352 e. The lowest BCUT2D eigenvalue weighted by Gasteiger charge is -2.33. The molecule has 2 aliphatic rings. The van der Waals surface area contributed by atoms with Crippen LogP contribution in [0.5, 0.6) is 0 Å². The molecule has 1 N–H and O–H groups in total. The summed E-state index contributed by atoms with van der Waals surface area (Å²) < 4.78 is 28.4. The van der Waals surface area contributed by atoms with Gasteiger partial charge in [-0.05, 0) is 60.0 Å². The zero-order chi connectivity index (χ0) is 31.4. The molecule has 0 aromatic heterocycles. The maximum atomic E-state index is 14.1. The Bertz CT molecular complexity index is 1790. The first-order chi connectivity index (χ1) is 21.8. The van der Waals surface area contributed by atoms with Crippen molar-refractivity contribution in [2.75, 3.05) is 10.8 Å². The lowest BCUT2D eigenvalue weighted by molar-refractivity contribution is -0.141. The number of carbonyl (C=O) groups excluding carboxylic acids is 2. The van der Waals surface area contributed by atoms with Gasteiger partial charge in [0.1, 0.15) is 6.04 Å². The first-order valence-corrected chi connectivity index (χ1v) is 17.6. The Balaban J connectivity index is 1.25. The van der Waals surface area contributed by atoms with E-state index in [1.807, 2.05) is 72.8 Å². The number of amides is 2. The van der Waals surface area contributed by atoms with Crippen molar-refractivity contribution in [3.63, 3.8) is 0 Å². The third-order valence-electron chi connectivity index (χ3n) is 8.90. The Morgan fingerprint density at radius 1 is 0.889 bits per heavy atom. The largest absolute Gasteiger partial charge is 0.352 e. The molecule has 0 radical (unpaired) electrons. The lowest BCUT2D eigenvalue weighted by Crippen LogP contribution is -2.52. The van der Waals surface area contributed by atoms with Crippen LogP contribution in [0.4, 0.5) is 5.69 Å². The number of benzene rings is 4. The van der Waals surface area contributed by atoms with E-state index in [1.165, 1.54) is 10.7 Å². The number of nitrogens with one attached hydrogen (secondary N) is 1. The summed E-state index contributed by atoms with van der Waals surface area (Å²) in [6, 6.07) is 27.3. The van der Waals surface area contributed by atoms with Crippen LogP contribution in [0, 0.1) is 0 Å². The fraction of sp³-hybridized carbons (Fsp3) is 0.333. The molecule has 1 fully saturated rings. The zero-order valence-corrected chi connectivity index (χ0v) is 26.8. The summed E-state index contributed by atoms with van der Waals surface area (Å²) >= 11 is 6.32. The Hall–Kier alpha value is -3.88. The van der Waals surface area contributed by atoms with Gasteiger partial charge in [-0.3, -0.25) is 13.9 Å². The molecular formula is C36H38ClN3O4S. The van der Waals surface area contributed by atoms with Gasteiger partial charge in [0, 0.05) is 42.4 Å². The highest BCUT2D eigenvalue weighted by molar-refractivity contribution is 7.93. The van der Waals surface area contributed by atoms with Crippen molar-refractivity contribution in [2.45, 2.75) is 74.9 Å². The summed E-state index contributed by atoms with van der Waals surface area (Å²) in [4.78, 5) is 30.1. The van der Waals surface area contributed by atoms with Gasteiger partial charge < -0.3 is 10.2 Å². The standard InChI is InChI=1S/C36H38ClN3O4S/c37-29-16-7-13-27(23-29)25-39(32(24-26-11-3-1-4-12-26)36(42)38-30-17-5-2-6-18-30)34(41)21-10-22-40-31-19-8-14-28-15-9-20-33(35(28)31)45(40,43)44/h1,3-4,7-9,11-16,19-20,23,30,32H,2,5-6,10,17-18,21-22,24-25H2,(H,38,42)/t32-/m1/s1. The average Bonchev–Trinajstić information content (AvgIpc) is 3.26. The second-order valence-electron chi connectivity index (χ2n) is 12.0. The number of nitrogens with zero attached hydrogens (tertiary/aromatic N) is 2. The van der Waals surface area contributed by atoms with Crippen molar-refractivity contribution in [3.8, 4) is 0 Å². The highest BCUT2D eigenvalue weighted by Gasteiger charge is 2.36. The maximum Gasteiger partial charge on any atom is 0.265 e. The van der Waals surface area contributed by atoms with Crippen molar-refractivity contribution < 1.29 is 18.0 Å². The second kappa shape index (κ2) is 13.6. The molecule has 234 valence electrons. The van der Waals surface area contributed by atoms with Gasteiger partial charge in [0.2, 0.25) is 11.8 Å². The van der Waals surface area contributed by atoms with Crippen LogP contribution in [0.3, 0.4) is 0 Å². The predicted octanol–water partition coefficient (Wildman–Crippen LogP) is 6.87. The number of halogens is 1. The molecule has 1 saturated carbocycles. The van der Waals surface area contributed by atoms with Crippen LogP contribution in [-0.4, -0.2) is 43.8 Å². The van der Waals surface area contributed by atoms with Gasteiger partial charge >= 0.3 is 0 Å². The highest BCUT2D eigenvalue weighted by atomic mass is 35.5. The molecule has 1 aliphatic heterocycles. The molecule has 0 unspecified atom stereocenters. The minimum absolute atomic E-state index is 0.0842. The summed E-state index contributed by atoms with van der Waals surface area (Å²) in [5.74, 6) is -0.368. The van der Waals surface area contributed by atoms with Crippen LogP contribution in [0.1, 0.15) is 56.1 Å². The predicted molar refractivity (Wildman–Crippen MR) is 179 cm³/mol. The number of carbonyl (C=O) groups is 2. The SMILES string of the molecule is O=C(NC1CCCCC1)[C@@H](Cc1ccccc1)N(Cc1cccc(Cl)c1)C(=O)CCCN1c2cccc3cccc(c23)S1(=O)=O. The third kappa shape index (κ3) is 6.87. The van der Waals surface area contributed by atoms with Gasteiger partial charge in [0.15, 0.2) is 0 Å². The number of anilines is 1. The molecule has 1 aliphatic carbocycles. The van der Waals surface area contributed by atoms with Crippen molar-refractivity contribution in [2.24, 2.45) is 0 Å². The fourth-order valence-corrected chi connectivity index (χ4v) is 8.61. The third-order valence-corrected chi connectivity index (χ3v) is 11.0. The van der Waals surface area contributed by atoms with E-state index in [0.29, 0.717) is 28.4 Å². The topological polar surface area (TPSA) is 86.8 Å². The minimum atomic E-state index is -3.73. The molecule has 7 nitrogen and oxygen atoms in total. The summed E-state index contributed by atoms with van der Waals surface area (Å²) in [5, 5.41) is 5.40. The average molecular weight is 644 g/mol. The Labute approximate surface area is 270 Å². The molecular weight excluding hydrogens is 606 g/mol.